The van der Waals surface area contributed by atoms with Gasteiger partial charge in [-0.25, -0.2) is 4.79 Å². The van der Waals surface area contributed by atoms with Crippen LogP contribution in [0, 0.1) is 11.8 Å². The van der Waals surface area contributed by atoms with E-state index in [0.717, 1.165) is 6.42 Å². The number of aliphatic imine (C=N–C) groups is 1. The number of β-lactam (4-membered cyclic amide) rings is 1. The maximum Gasteiger partial charge on any atom is 0.353 e. The number of nitrogens with zero attached hydrogens (tertiary/aromatic N) is 4. The number of carbonyl (C=O) groups is 3. The molecule has 4 rings (SSSR count). The summed E-state index contributed by atoms with van der Waals surface area (Å²) in [4.78, 5) is 47.7. The maximum absolute atomic E-state index is 13.1. The Kier molecular flexibility index (Phi) is 6.25. The Morgan fingerprint density at radius 3 is 2.69 bits per heavy atom. The zero-order chi connectivity index (χ0) is 23.3. The van der Waals surface area contributed by atoms with Gasteiger partial charge in [-0.15, -0.1) is 11.8 Å². The number of hydrogen-bond acceptors (Lipinski definition) is 7. The van der Waals surface area contributed by atoms with Gasteiger partial charge in [0.2, 0.25) is 11.8 Å². The highest BCUT2D eigenvalue weighted by atomic mass is 32.2. The van der Waals surface area contributed by atoms with E-state index < -0.39 is 18.0 Å². The lowest BCUT2D eigenvalue weighted by Crippen LogP contribution is -2.63. The number of carbonyl (C=O) groups excluding carboxylic acids is 2. The van der Waals surface area contributed by atoms with Crippen LogP contribution in [0.25, 0.3) is 0 Å². The third kappa shape index (κ3) is 3.69. The first-order valence-corrected chi connectivity index (χ1v) is 11.9. The monoisotopic (exact) mass is 465 g/mol. The fraction of sp³-hybridized carbons (Fsp3) is 0.714. The molecule has 0 radical (unpaired) electrons. The third-order valence-corrected chi connectivity index (χ3v) is 8.67. The van der Waals surface area contributed by atoms with E-state index in [9.17, 15) is 24.6 Å². The highest BCUT2D eigenvalue weighted by Gasteiger charge is 2.60. The first kappa shape index (κ1) is 23.1. The van der Waals surface area contributed by atoms with Gasteiger partial charge in [0.05, 0.1) is 36.5 Å². The van der Waals surface area contributed by atoms with Crippen LogP contribution in [-0.2, 0) is 14.4 Å². The molecule has 11 heteroatoms. The van der Waals surface area contributed by atoms with E-state index in [1.54, 1.807) is 6.92 Å². The second-order valence-electron chi connectivity index (χ2n) is 9.23. The molecule has 0 aliphatic carbocycles. The van der Waals surface area contributed by atoms with Crippen LogP contribution in [0.2, 0.25) is 0 Å². The van der Waals surface area contributed by atoms with Crippen molar-refractivity contribution in [2.45, 2.75) is 56.2 Å². The van der Waals surface area contributed by atoms with Gasteiger partial charge in [0.25, 0.3) is 0 Å². The topological polar surface area (TPSA) is 140 Å². The number of aliphatic hydroxyl groups excluding tert-OH is 1. The average molecular weight is 466 g/mol. The summed E-state index contributed by atoms with van der Waals surface area (Å²) in [5.41, 5.74) is 5.42. The van der Waals surface area contributed by atoms with Gasteiger partial charge in [0.1, 0.15) is 5.70 Å². The second-order valence-corrected chi connectivity index (χ2v) is 10.6. The second kappa shape index (κ2) is 8.68. The minimum atomic E-state index is -1.12. The number of rotatable bonds is 6. The van der Waals surface area contributed by atoms with Crippen LogP contribution in [-0.4, -0.2) is 105 Å². The number of thioether (sulfide) groups is 1. The summed E-state index contributed by atoms with van der Waals surface area (Å²) in [6.45, 7) is 5.37. The summed E-state index contributed by atoms with van der Waals surface area (Å²) < 4.78 is 0. The van der Waals surface area contributed by atoms with Crippen LogP contribution in [0.1, 0.15) is 26.7 Å². The minimum Gasteiger partial charge on any atom is -0.477 e. The first-order chi connectivity index (χ1) is 15.1. The van der Waals surface area contributed by atoms with Crippen molar-refractivity contribution in [2.75, 3.05) is 26.7 Å². The van der Waals surface area contributed by atoms with Crippen LogP contribution in [0.3, 0.4) is 0 Å². The Hall–Kier alpha value is -2.11. The minimum absolute atomic E-state index is 0.0360. The van der Waals surface area contributed by atoms with Crippen molar-refractivity contribution in [2.24, 2.45) is 22.6 Å². The van der Waals surface area contributed by atoms with Gasteiger partial charge < -0.3 is 25.7 Å². The molecule has 3 fully saturated rings. The number of fused-ring (bicyclic) bond motifs is 1. The molecule has 0 aromatic heterocycles. The van der Waals surface area contributed by atoms with E-state index in [1.807, 2.05) is 23.8 Å². The highest BCUT2D eigenvalue weighted by Crippen LogP contribution is 2.52. The molecule has 0 saturated carbocycles. The number of likely N-dealkylation sites (N-methyl/N-ethyl adjacent to an activating group) is 1. The van der Waals surface area contributed by atoms with Crippen LogP contribution in [0.5, 0.6) is 0 Å². The molecule has 10 nitrogen and oxygen atoms in total. The number of aliphatic hydroxyl groups is 1. The number of nitrogens with two attached hydrogens (primary N) is 1. The van der Waals surface area contributed by atoms with Crippen molar-refractivity contribution in [1.82, 2.24) is 14.7 Å². The summed E-state index contributed by atoms with van der Waals surface area (Å²) in [5.74, 6) is -2.12. The highest BCUT2D eigenvalue weighted by molar-refractivity contribution is 8.03. The Morgan fingerprint density at radius 1 is 1.34 bits per heavy atom. The summed E-state index contributed by atoms with van der Waals surface area (Å²) in [6, 6.07) is -0.535. The molecule has 0 aromatic carbocycles. The van der Waals surface area contributed by atoms with E-state index in [2.05, 4.69) is 4.99 Å². The molecule has 0 aromatic rings. The van der Waals surface area contributed by atoms with Crippen molar-refractivity contribution >= 4 is 35.9 Å². The van der Waals surface area contributed by atoms with Gasteiger partial charge in [-0.05, 0) is 26.8 Å². The van der Waals surface area contributed by atoms with Gasteiger partial charge in [0.15, 0.2) is 0 Å². The lowest BCUT2D eigenvalue weighted by atomic mass is 9.79. The largest absolute Gasteiger partial charge is 0.477 e. The molecule has 4 heterocycles. The van der Waals surface area contributed by atoms with Crippen molar-refractivity contribution < 1.29 is 24.6 Å². The third-order valence-electron chi connectivity index (χ3n) is 7.17. The standard InChI is InChI=1S/C21H31N5O5S/c1-10-16-15(11(2)27)20(29)26(16)17(21(30)31)18(10)32-13-6-14(24(3)8-13)19(28)25-5-4-12(7-25)23-9-22/h9-16,27H,4-8H2,1-3H3,(H2,22,23)(H,30,31)/t10?,11?,12?,13?,14?,15?,16-/m0/s1. The van der Waals surface area contributed by atoms with Gasteiger partial charge in [0, 0.05) is 35.7 Å². The zero-order valence-corrected chi connectivity index (χ0v) is 19.4. The smallest absolute Gasteiger partial charge is 0.353 e. The molecular formula is C21H31N5O5S. The average Bonchev–Trinajstić information content (AvgIpc) is 3.38. The number of carboxylic acids is 1. The van der Waals surface area contributed by atoms with Crippen LogP contribution >= 0.6 is 11.8 Å². The molecule has 3 saturated heterocycles. The number of hydrogen-bond donors (Lipinski definition) is 3. The number of aliphatic carboxylic acids is 1. The van der Waals surface area contributed by atoms with Gasteiger partial charge in [-0.3, -0.25) is 19.5 Å². The fourth-order valence-corrected chi connectivity index (χ4v) is 7.18. The molecule has 4 N–H and O–H groups in total. The number of likely N-dealkylation sites (tertiary alicyclic amines) is 2. The molecule has 0 bridgehead atoms. The molecule has 4 aliphatic rings. The quantitative estimate of drug-likeness (QED) is 0.272. The molecule has 0 spiro atoms. The summed E-state index contributed by atoms with van der Waals surface area (Å²) in [6.07, 6.45) is 1.89. The van der Waals surface area contributed by atoms with Crippen molar-refractivity contribution in [1.29, 1.82) is 0 Å². The Labute approximate surface area is 191 Å². The van der Waals surface area contributed by atoms with E-state index in [1.165, 1.54) is 23.0 Å². The van der Waals surface area contributed by atoms with E-state index in [0.29, 0.717) is 31.0 Å². The fourth-order valence-electron chi connectivity index (χ4n) is 5.58. The molecule has 6 unspecified atom stereocenters. The molecular weight excluding hydrogens is 434 g/mol. The van der Waals surface area contributed by atoms with Gasteiger partial charge >= 0.3 is 5.97 Å². The molecule has 4 aliphatic heterocycles. The first-order valence-electron chi connectivity index (χ1n) is 11.0. The lowest BCUT2D eigenvalue weighted by Gasteiger charge is -2.46. The summed E-state index contributed by atoms with van der Waals surface area (Å²) >= 11 is 1.47. The molecule has 176 valence electrons. The van der Waals surface area contributed by atoms with Crippen molar-refractivity contribution in [3.05, 3.63) is 10.6 Å². The van der Waals surface area contributed by atoms with E-state index >= 15 is 0 Å². The Bertz CT molecular complexity index is 877. The zero-order valence-electron chi connectivity index (χ0n) is 18.5. The van der Waals surface area contributed by atoms with E-state index in [4.69, 9.17) is 5.73 Å². The van der Waals surface area contributed by atoms with Crippen molar-refractivity contribution in [3.63, 3.8) is 0 Å². The summed E-state index contributed by atoms with van der Waals surface area (Å²) in [5, 5.41) is 19.9. The molecule has 7 atom stereocenters. The predicted octanol–water partition coefficient (Wildman–Crippen LogP) is -0.466. The Morgan fingerprint density at radius 2 is 2.06 bits per heavy atom. The van der Waals surface area contributed by atoms with E-state index in [-0.39, 0.29) is 46.8 Å². The Balaban J connectivity index is 1.46. The van der Waals surface area contributed by atoms with Crippen LogP contribution < -0.4 is 5.73 Å². The lowest BCUT2D eigenvalue weighted by molar-refractivity contribution is -0.163. The predicted molar refractivity (Wildman–Crippen MR) is 120 cm³/mol. The maximum atomic E-state index is 13.1. The normalized spacial score (nSPS) is 36.2. The SMILES string of the molecule is CC(O)C1C(=O)N2C(C(=O)O)=C(SC3CC(C(=O)N4CCC(N=CN)C4)N(C)C3)C(C)[C@@H]12. The van der Waals surface area contributed by atoms with Crippen LogP contribution in [0.4, 0.5) is 0 Å². The number of amides is 2. The van der Waals surface area contributed by atoms with Crippen LogP contribution in [0.15, 0.2) is 15.6 Å². The molecule has 32 heavy (non-hydrogen) atoms. The van der Waals surface area contributed by atoms with Gasteiger partial charge in [-0.2, -0.15) is 0 Å². The molecule has 2 amide bonds. The summed E-state index contributed by atoms with van der Waals surface area (Å²) in [7, 11) is 1.92. The van der Waals surface area contributed by atoms with Crippen molar-refractivity contribution in [3.8, 4) is 0 Å². The van der Waals surface area contributed by atoms with Gasteiger partial charge in [-0.1, -0.05) is 6.92 Å². The number of carboxylic acid groups (broad SMARTS) is 1.